The highest BCUT2D eigenvalue weighted by atomic mass is 16.5. The van der Waals surface area contributed by atoms with Crippen LogP contribution in [-0.4, -0.2) is 31.8 Å². The molecule has 1 aromatic rings. The second kappa shape index (κ2) is 6.40. The summed E-state index contributed by atoms with van der Waals surface area (Å²) in [7, 11) is 0. The van der Waals surface area contributed by atoms with Gasteiger partial charge in [-0.05, 0) is 17.9 Å². The van der Waals surface area contributed by atoms with Crippen molar-refractivity contribution < 1.29 is 9.53 Å². The van der Waals surface area contributed by atoms with Crippen LogP contribution in [0.15, 0.2) is 30.3 Å². The van der Waals surface area contributed by atoms with E-state index in [0.717, 1.165) is 13.0 Å². The number of hydrogen-bond acceptors (Lipinski definition) is 2. The molecular formula is C14H20N2O2. The van der Waals surface area contributed by atoms with E-state index in [1.807, 2.05) is 18.2 Å². The van der Waals surface area contributed by atoms with Gasteiger partial charge in [0.25, 0.3) is 0 Å². The van der Waals surface area contributed by atoms with E-state index in [-0.39, 0.29) is 12.1 Å². The molecule has 0 bridgehead atoms. The van der Waals surface area contributed by atoms with E-state index in [9.17, 15) is 4.79 Å². The first kappa shape index (κ1) is 12.9. The van der Waals surface area contributed by atoms with Gasteiger partial charge in [0.05, 0.1) is 12.6 Å². The third-order valence-corrected chi connectivity index (χ3v) is 3.20. The van der Waals surface area contributed by atoms with E-state index < -0.39 is 0 Å². The maximum Gasteiger partial charge on any atom is 0.315 e. The molecule has 18 heavy (non-hydrogen) atoms. The van der Waals surface area contributed by atoms with Gasteiger partial charge < -0.3 is 15.4 Å². The van der Waals surface area contributed by atoms with Crippen molar-refractivity contribution in [2.24, 2.45) is 0 Å². The third-order valence-electron chi connectivity index (χ3n) is 3.20. The van der Waals surface area contributed by atoms with Gasteiger partial charge in [-0.1, -0.05) is 37.3 Å². The van der Waals surface area contributed by atoms with Crippen molar-refractivity contribution in [2.45, 2.75) is 25.3 Å². The quantitative estimate of drug-likeness (QED) is 0.854. The van der Waals surface area contributed by atoms with Crippen molar-refractivity contribution in [1.29, 1.82) is 0 Å². The lowest BCUT2D eigenvalue weighted by Gasteiger charge is -2.15. The highest BCUT2D eigenvalue weighted by Gasteiger charge is 2.17. The molecule has 2 N–H and O–H groups in total. The molecule has 4 heteroatoms. The molecule has 0 radical (unpaired) electrons. The van der Waals surface area contributed by atoms with E-state index in [1.165, 1.54) is 5.56 Å². The molecule has 1 saturated heterocycles. The molecule has 0 aliphatic carbocycles. The summed E-state index contributed by atoms with van der Waals surface area (Å²) in [6.45, 7) is 4.12. The first-order valence-corrected chi connectivity index (χ1v) is 6.43. The maximum atomic E-state index is 11.7. The lowest BCUT2D eigenvalue weighted by atomic mass is 10.0. The minimum Gasteiger partial charge on any atom is -0.379 e. The Balaban J connectivity index is 1.72. The zero-order valence-electron chi connectivity index (χ0n) is 10.7. The molecule has 1 heterocycles. The molecule has 2 atom stereocenters. The number of carbonyl (C=O) groups excluding carboxylic acids is 1. The van der Waals surface area contributed by atoms with Crippen molar-refractivity contribution in [2.75, 3.05) is 19.8 Å². The van der Waals surface area contributed by atoms with Crippen LogP contribution in [0.4, 0.5) is 4.79 Å². The molecule has 2 unspecified atom stereocenters. The molecule has 4 nitrogen and oxygen atoms in total. The van der Waals surface area contributed by atoms with Crippen LogP contribution in [-0.2, 0) is 4.74 Å². The summed E-state index contributed by atoms with van der Waals surface area (Å²) in [5, 5.41) is 5.81. The van der Waals surface area contributed by atoms with Crippen LogP contribution in [0, 0.1) is 0 Å². The Morgan fingerprint density at radius 3 is 2.89 bits per heavy atom. The van der Waals surface area contributed by atoms with Gasteiger partial charge in [0.2, 0.25) is 0 Å². The van der Waals surface area contributed by atoms with Gasteiger partial charge in [-0.25, -0.2) is 4.79 Å². The fraction of sp³-hybridized carbons (Fsp3) is 0.500. The Bertz CT molecular complexity index is 375. The highest BCUT2D eigenvalue weighted by molar-refractivity contribution is 5.74. The predicted molar refractivity (Wildman–Crippen MR) is 70.6 cm³/mol. The first-order valence-electron chi connectivity index (χ1n) is 6.43. The van der Waals surface area contributed by atoms with Crippen LogP contribution in [0.3, 0.4) is 0 Å². The number of carbonyl (C=O) groups is 1. The summed E-state index contributed by atoms with van der Waals surface area (Å²) in [6, 6.07) is 10.2. The number of rotatable bonds is 4. The number of amides is 2. The Kier molecular flexibility index (Phi) is 4.59. The zero-order valence-corrected chi connectivity index (χ0v) is 10.7. The summed E-state index contributed by atoms with van der Waals surface area (Å²) in [6.07, 6.45) is 0.904. The SMILES string of the molecule is CC(CNC(=O)NC1CCOC1)c1ccccc1. The monoisotopic (exact) mass is 248 g/mol. The average molecular weight is 248 g/mol. The van der Waals surface area contributed by atoms with Crippen LogP contribution in [0.2, 0.25) is 0 Å². The third kappa shape index (κ3) is 3.74. The van der Waals surface area contributed by atoms with Crippen LogP contribution in [0.5, 0.6) is 0 Å². The van der Waals surface area contributed by atoms with Gasteiger partial charge in [-0.3, -0.25) is 0 Å². The molecule has 0 spiro atoms. The molecule has 0 aromatic heterocycles. The van der Waals surface area contributed by atoms with E-state index in [1.54, 1.807) is 0 Å². The van der Waals surface area contributed by atoms with E-state index in [0.29, 0.717) is 19.1 Å². The van der Waals surface area contributed by atoms with Gasteiger partial charge >= 0.3 is 6.03 Å². The zero-order chi connectivity index (χ0) is 12.8. The van der Waals surface area contributed by atoms with Gasteiger partial charge in [-0.2, -0.15) is 0 Å². The molecule has 1 aliphatic rings. The molecule has 1 fully saturated rings. The molecule has 0 saturated carbocycles. The van der Waals surface area contributed by atoms with E-state index >= 15 is 0 Å². The van der Waals surface area contributed by atoms with Crippen molar-refractivity contribution in [3.63, 3.8) is 0 Å². The van der Waals surface area contributed by atoms with Gasteiger partial charge in [0, 0.05) is 13.2 Å². The Morgan fingerprint density at radius 1 is 1.44 bits per heavy atom. The fourth-order valence-corrected chi connectivity index (χ4v) is 2.03. The van der Waals surface area contributed by atoms with Crippen molar-refractivity contribution in [1.82, 2.24) is 10.6 Å². The standard InChI is InChI=1S/C14H20N2O2/c1-11(12-5-3-2-4-6-12)9-15-14(17)16-13-7-8-18-10-13/h2-6,11,13H,7-10H2,1H3,(H2,15,16,17). The minimum atomic E-state index is -0.103. The lowest BCUT2D eigenvalue weighted by Crippen LogP contribution is -2.43. The molecule has 1 aliphatic heterocycles. The summed E-state index contributed by atoms with van der Waals surface area (Å²) in [4.78, 5) is 11.7. The van der Waals surface area contributed by atoms with Crippen LogP contribution in [0.1, 0.15) is 24.8 Å². The van der Waals surface area contributed by atoms with Crippen molar-refractivity contribution in [3.8, 4) is 0 Å². The van der Waals surface area contributed by atoms with Crippen LogP contribution < -0.4 is 10.6 Å². The Labute approximate surface area is 108 Å². The Hall–Kier alpha value is -1.55. The molecule has 1 aromatic carbocycles. The minimum absolute atomic E-state index is 0.103. The lowest BCUT2D eigenvalue weighted by molar-refractivity contribution is 0.188. The average Bonchev–Trinajstić information content (AvgIpc) is 2.90. The first-order chi connectivity index (χ1) is 8.75. The van der Waals surface area contributed by atoms with Crippen LogP contribution in [0.25, 0.3) is 0 Å². The van der Waals surface area contributed by atoms with E-state index in [2.05, 4.69) is 29.7 Å². The van der Waals surface area contributed by atoms with Crippen LogP contribution >= 0.6 is 0 Å². The summed E-state index contributed by atoms with van der Waals surface area (Å²) in [5.41, 5.74) is 1.24. The Morgan fingerprint density at radius 2 is 2.22 bits per heavy atom. The molecule has 2 amide bonds. The predicted octanol–water partition coefficient (Wildman–Crippen LogP) is 1.88. The van der Waals surface area contributed by atoms with Gasteiger partial charge in [0.15, 0.2) is 0 Å². The number of ether oxygens (including phenoxy) is 1. The second-order valence-corrected chi connectivity index (χ2v) is 4.73. The highest BCUT2D eigenvalue weighted by Crippen LogP contribution is 2.12. The number of urea groups is 1. The van der Waals surface area contributed by atoms with E-state index in [4.69, 9.17) is 4.74 Å². The summed E-state index contributed by atoms with van der Waals surface area (Å²) >= 11 is 0. The molecular weight excluding hydrogens is 228 g/mol. The topological polar surface area (TPSA) is 50.4 Å². The number of hydrogen-bond donors (Lipinski definition) is 2. The maximum absolute atomic E-state index is 11.7. The number of benzene rings is 1. The number of nitrogens with one attached hydrogen (secondary N) is 2. The van der Waals surface area contributed by atoms with Gasteiger partial charge in [-0.15, -0.1) is 0 Å². The van der Waals surface area contributed by atoms with Gasteiger partial charge in [0.1, 0.15) is 0 Å². The van der Waals surface area contributed by atoms with Crippen molar-refractivity contribution in [3.05, 3.63) is 35.9 Å². The summed E-state index contributed by atoms with van der Waals surface area (Å²) < 4.78 is 5.21. The molecule has 2 rings (SSSR count). The normalized spacial score (nSPS) is 20.4. The fourth-order valence-electron chi connectivity index (χ4n) is 2.03. The molecule has 98 valence electrons. The summed E-state index contributed by atoms with van der Waals surface area (Å²) in [5.74, 6) is 0.316. The second-order valence-electron chi connectivity index (χ2n) is 4.73. The van der Waals surface area contributed by atoms with Crippen molar-refractivity contribution >= 4 is 6.03 Å². The smallest absolute Gasteiger partial charge is 0.315 e. The largest absolute Gasteiger partial charge is 0.379 e.